The van der Waals surface area contributed by atoms with Crippen molar-refractivity contribution in [3.63, 3.8) is 0 Å². The van der Waals surface area contributed by atoms with E-state index in [1.807, 2.05) is 24.9 Å². The Bertz CT molecular complexity index is 645. The van der Waals surface area contributed by atoms with Crippen molar-refractivity contribution in [2.24, 2.45) is 14.1 Å². The molecule has 2 heterocycles. The van der Waals surface area contributed by atoms with Gasteiger partial charge in [0.05, 0.1) is 11.4 Å². The first kappa shape index (κ1) is 13.2. The first-order valence-electron chi connectivity index (χ1n) is 6.60. The lowest BCUT2D eigenvalue weighted by Crippen LogP contribution is -2.17. The molecule has 1 aliphatic rings. The van der Waals surface area contributed by atoms with E-state index in [0.29, 0.717) is 5.75 Å². The van der Waals surface area contributed by atoms with E-state index in [1.54, 1.807) is 10.9 Å². The van der Waals surface area contributed by atoms with E-state index in [1.165, 1.54) is 17.3 Å². The number of nitrogens with zero attached hydrogens (tertiary/aromatic N) is 4. The molecule has 0 saturated heterocycles. The third-order valence-electron chi connectivity index (χ3n) is 3.44. The lowest BCUT2D eigenvalue weighted by Gasteiger charge is -2.07. The molecule has 0 atom stereocenters. The molecule has 0 aliphatic heterocycles. The molecule has 0 aromatic carbocycles. The van der Waals surface area contributed by atoms with Crippen LogP contribution in [-0.4, -0.2) is 31.0 Å². The summed E-state index contributed by atoms with van der Waals surface area (Å²) in [6, 6.07) is 0. The number of aromatic nitrogens is 4. The third kappa shape index (κ3) is 2.45. The van der Waals surface area contributed by atoms with E-state index < -0.39 is 0 Å². The molecule has 2 aromatic heterocycles. The van der Waals surface area contributed by atoms with Crippen LogP contribution in [0, 0.1) is 0 Å². The molecule has 3 rings (SSSR count). The van der Waals surface area contributed by atoms with Crippen LogP contribution in [0.4, 0.5) is 5.82 Å². The number of aryl methyl sites for hydroxylation is 3. The van der Waals surface area contributed by atoms with Crippen molar-refractivity contribution in [1.29, 1.82) is 0 Å². The Kier molecular flexibility index (Phi) is 3.52. The summed E-state index contributed by atoms with van der Waals surface area (Å²) < 4.78 is 3.67. The molecule has 7 heteroatoms. The van der Waals surface area contributed by atoms with E-state index in [0.717, 1.165) is 35.9 Å². The Morgan fingerprint density at radius 1 is 1.45 bits per heavy atom. The summed E-state index contributed by atoms with van der Waals surface area (Å²) in [4.78, 5) is 16.2. The van der Waals surface area contributed by atoms with Crippen LogP contribution < -0.4 is 5.32 Å². The molecule has 20 heavy (non-hydrogen) atoms. The zero-order valence-electron chi connectivity index (χ0n) is 11.6. The number of carbonyl (C=O) groups is 1. The fourth-order valence-electron chi connectivity index (χ4n) is 2.47. The average molecular weight is 291 g/mol. The molecule has 106 valence electrons. The summed E-state index contributed by atoms with van der Waals surface area (Å²) in [5, 5.41) is 8.27. The fourth-order valence-corrected chi connectivity index (χ4v) is 3.20. The maximum absolute atomic E-state index is 12.1. The number of fused-ring (bicyclic) bond motifs is 1. The van der Waals surface area contributed by atoms with Crippen LogP contribution in [0.2, 0.25) is 0 Å². The summed E-state index contributed by atoms with van der Waals surface area (Å²) in [7, 11) is 3.79. The molecule has 2 aromatic rings. The van der Waals surface area contributed by atoms with Gasteiger partial charge in [-0.1, -0.05) is 11.8 Å². The van der Waals surface area contributed by atoms with Gasteiger partial charge in [-0.25, -0.2) is 4.98 Å². The standard InChI is InChI=1S/C13H17N5OS/c1-17-7-6-14-13(17)20-8-11(19)15-12-9-4-3-5-10(9)16-18(12)2/h6-7H,3-5,8H2,1-2H3,(H,15,19). The second-order valence-corrected chi connectivity index (χ2v) is 5.85. The molecular weight excluding hydrogens is 274 g/mol. The second kappa shape index (κ2) is 5.32. The van der Waals surface area contributed by atoms with Gasteiger partial charge in [0.1, 0.15) is 5.82 Å². The molecule has 0 fully saturated rings. The summed E-state index contributed by atoms with van der Waals surface area (Å²) in [6.45, 7) is 0. The number of carbonyl (C=O) groups excluding carboxylic acids is 1. The number of hydrogen-bond donors (Lipinski definition) is 1. The van der Waals surface area contributed by atoms with Crippen LogP contribution in [0.3, 0.4) is 0 Å². The Hall–Kier alpha value is -1.76. The number of amides is 1. The van der Waals surface area contributed by atoms with Gasteiger partial charge in [-0.15, -0.1) is 0 Å². The van der Waals surface area contributed by atoms with Gasteiger partial charge in [-0.3, -0.25) is 9.48 Å². The van der Waals surface area contributed by atoms with Gasteiger partial charge >= 0.3 is 0 Å². The normalized spacial score (nSPS) is 13.5. The highest BCUT2D eigenvalue weighted by Gasteiger charge is 2.22. The monoisotopic (exact) mass is 291 g/mol. The Labute approximate surface area is 121 Å². The first-order valence-corrected chi connectivity index (χ1v) is 7.58. The predicted octanol–water partition coefficient (Wildman–Crippen LogP) is 1.37. The highest BCUT2D eigenvalue weighted by Crippen LogP contribution is 2.28. The van der Waals surface area contributed by atoms with Crippen LogP contribution >= 0.6 is 11.8 Å². The molecule has 0 bridgehead atoms. The van der Waals surface area contributed by atoms with Gasteiger partial charge in [0.25, 0.3) is 0 Å². The Morgan fingerprint density at radius 3 is 3.05 bits per heavy atom. The van der Waals surface area contributed by atoms with Crippen LogP contribution in [0.1, 0.15) is 17.7 Å². The van der Waals surface area contributed by atoms with Crippen molar-refractivity contribution < 1.29 is 4.79 Å². The van der Waals surface area contributed by atoms with Crippen molar-refractivity contribution in [3.8, 4) is 0 Å². The van der Waals surface area contributed by atoms with Crippen LogP contribution in [-0.2, 0) is 31.7 Å². The van der Waals surface area contributed by atoms with Gasteiger partial charge in [0.15, 0.2) is 5.16 Å². The Balaban J connectivity index is 1.63. The predicted molar refractivity (Wildman–Crippen MR) is 77.8 cm³/mol. The Morgan fingerprint density at radius 2 is 2.30 bits per heavy atom. The largest absolute Gasteiger partial charge is 0.329 e. The maximum atomic E-state index is 12.1. The minimum Gasteiger partial charge on any atom is -0.329 e. The molecule has 0 saturated carbocycles. The van der Waals surface area contributed by atoms with E-state index in [4.69, 9.17) is 0 Å². The molecular formula is C13H17N5OS. The first-order chi connectivity index (χ1) is 9.65. The van der Waals surface area contributed by atoms with Crippen molar-refractivity contribution in [2.45, 2.75) is 24.4 Å². The van der Waals surface area contributed by atoms with Crippen LogP contribution in [0.15, 0.2) is 17.6 Å². The smallest absolute Gasteiger partial charge is 0.236 e. The minimum atomic E-state index is -0.0179. The summed E-state index contributed by atoms with van der Waals surface area (Å²) in [5.41, 5.74) is 2.32. The molecule has 6 nitrogen and oxygen atoms in total. The van der Waals surface area contributed by atoms with Gasteiger partial charge in [-0.2, -0.15) is 5.10 Å². The average Bonchev–Trinajstić information content (AvgIpc) is 3.07. The molecule has 0 radical (unpaired) electrons. The van der Waals surface area contributed by atoms with Crippen LogP contribution in [0.5, 0.6) is 0 Å². The highest BCUT2D eigenvalue weighted by atomic mass is 32.2. The molecule has 0 spiro atoms. The van der Waals surface area contributed by atoms with Crippen molar-refractivity contribution in [1.82, 2.24) is 19.3 Å². The third-order valence-corrected chi connectivity index (χ3v) is 4.49. The molecule has 1 aliphatic carbocycles. The number of thioether (sulfide) groups is 1. The van der Waals surface area contributed by atoms with Crippen molar-refractivity contribution >= 4 is 23.5 Å². The quantitative estimate of drug-likeness (QED) is 0.864. The highest BCUT2D eigenvalue weighted by molar-refractivity contribution is 7.99. The zero-order chi connectivity index (χ0) is 14.1. The minimum absolute atomic E-state index is 0.0179. The topological polar surface area (TPSA) is 64.7 Å². The lowest BCUT2D eigenvalue weighted by atomic mass is 10.2. The van der Waals surface area contributed by atoms with Gasteiger partial charge in [-0.05, 0) is 19.3 Å². The van der Waals surface area contributed by atoms with Crippen molar-refractivity contribution in [2.75, 3.05) is 11.1 Å². The molecule has 1 amide bonds. The van der Waals surface area contributed by atoms with E-state index in [9.17, 15) is 4.79 Å². The van der Waals surface area contributed by atoms with E-state index in [2.05, 4.69) is 15.4 Å². The van der Waals surface area contributed by atoms with Crippen molar-refractivity contribution in [3.05, 3.63) is 23.7 Å². The SMILES string of the molecule is Cn1ccnc1SCC(=O)Nc1c2c(nn1C)CCC2. The van der Waals surface area contributed by atoms with Crippen LogP contribution in [0.25, 0.3) is 0 Å². The van der Waals surface area contributed by atoms with E-state index >= 15 is 0 Å². The van der Waals surface area contributed by atoms with Gasteiger partial charge in [0.2, 0.25) is 5.91 Å². The van der Waals surface area contributed by atoms with E-state index in [-0.39, 0.29) is 5.91 Å². The number of nitrogens with one attached hydrogen (secondary N) is 1. The molecule has 0 unspecified atom stereocenters. The summed E-state index contributed by atoms with van der Waals surface area (Å²) in [5.74, 6) is 1.18. The molecule has 1 N–H and O–H groups in total. The zero-order valence-corrected chi connectivity index (χ0v) is 12.4. The summed E-state index contributed by atoms with van der Waals surface area (Å²) in [6.07, 6.45) is 6.75. The number of imidazole rings is 1. The number of anilines is 1. The maximum Gasteiger partial charge on any atom is 0.236 e. The number of rotatable bonds is 4. The van der Waals surface area contributed by atoms with Gasteiger partial charge in [0, 0.05) is 32.1 Å². The number of hydrogen-bond acceptors (Lipinski definition) is 4. The lowest BCUT2D eigenvalue weighted by molar-refractivity contribution is -0.113. The fraction of sp³-hybridized carbons (Fsp3) is 0.462. The summed E-state index contributed by atoms with van der Waals surface area (Å²) >= 11 is 1.43. The second-order valence-electron chi connectivity index (χ2n) is 4.91. The van der Waals surface area contributed by atoms with Gasteiger partial charge < -0.3 is 9.88 Å².